The molecule has 3 heteroatoms. The van der Waals surface area contributed by atoms with Crippen LogP contribution in [-0.4, -0.2) is 11.7 Å². The Balaban J connectivity index is 2.35. The zero-order valence-electron chi connectivity index (χ0n) is 7.36. The van der Waals surface area contributed by atoms with E-state index in [0.717, 1.165) is 29.5 Å². The summed E-state index contributed by atoms with van der Waals surface area (Å²) in [6.07, 6.45) is 1.82. The van der Waals surface area contributed by atoms with Gasteiger partial charge >= 0.3 is 0 Å². The average molecular weight is 176 g/mol. The Morgan fingerprint density at radius 1 is 1.31 bits per heavy atom. The first-order valence-electron chi connectivity index (χ1n) is 4.45. The Morgan fingerprint density at radius 3 is 3.00 bits per heavy atom. The Morgan fingerprint density at radius 2 is 2.15 bits per heavy atom. The van der Waals surface area contributed by atoms with E-state index in [2.05, 4.69) is 5.16 Å². The highest BCUT2D eigenvalue weighted by Crippen LogP contribution is 2.18. The minimum atomic E-state index is 0.690. The maximum atomic E-state index is 5.43. The third-order valence-electron chi connectivity index (χ3n) is 2.07. The molecule has 2 N–H and O–H groups in total. The predicted molar refractivity (Wildman–Crippen MR) is 51.4 cm³/mol. The van der Waals surface area contributed by atoms with Crippen molar-refractivity contribution in [3.8, 4) is 0 Å². The van der Waals surface area contributed by atoms with Crippen LogP contribution in [0.5, 0.6) is 0 Å². The molecule has 0 fully saturated rings. The summed E-state index contributed by atoms with van der Waals surface area (Å²) < 4.78 is 5.21. The summed E-state index contributed by atoms with van der Waals surface area (Å²) in [6.45, 7) is 0.690. The highest BCUT2D eigenvalue weighted by molar-refractivity contribution is 5.80. The van der Waals surface area contributed by atoms with Gasteiger partial charge in [0, 0.05) is 11.8 Å². The van der Waals surface area contributed by atoms with E-state index < -0.39 is 0 Å². The molecule has 0 aliphatic carbocycles. The van der Waals surface area contributed by atoms with Gasteiger partial charge in [-0.05, 0) is 25.1 Å². The van der Waals surface area contributed by atoms with Gasteiger partial charge < -0.3 is 10.3 Å². The lowest BCUT2D eigenvalue weighted by Gasteiger charge is -1.92. The molecular formula is C10H12N2O. The first kappa shape index (κ1) is 8.26. The van der Waals surface area contributed by atoms with E-state index in [4.69, 9.17) is 10.3 Å². The molecule has 0 aliphatic rings. The van der Waals surface area contributed by atoms with E-state index >= 15 is 0 Å². The van der Waals surface area contributed by atoms with Gasteiger partial charge in [0.15, 0.2) is 0 Å². The van der Waals surface area contributed by atoms with E-state index in [0.29, 0.717) is 6.54 Å². The summed E-state index contributed by atoms with van der Waals surface area (Å²) in [4.78, 5) is 0. The summed E-state index contributed by atoms with van der Waals surface area (Å²) in [5.74, 6) is 0.945. The molecule has 1 heterocycles. The van der Waals surface area contributed by atoms with Gasteiger partial charge in [-0.25, -0.2) is 0 Å². The standard InChI is InChI=1S/C10H12N2O/c11-7-3-6-10-8-4-1-2-5-9(8)12-13-10/h1-2,4-5H,3,6-7,11H2. The zero-order chi connectivity index (χ0) is 9.10. The highest BCUT2D eigenvalue weighted by Gasteiger charge is 2.05. The second kappa shape index (κ2) is 3.58. The van der Waals surface area contributed by atoms with Crippen LogP contribution in [0.3, 0.4) is 0 Å². The Hall–Kier alpha value is -1.35. The fraction of sp³-hybridized carbons (Fsp3) is 0.300. The largest absolute Gasteiger partial charge is 0.360 e. The van der Waals surface area contributed by atoms with Crippen LogP contribution in [0.4, 0.5) is 0 Å². The van der Waals surface area contributed by atoms with Crippen molar-refractivity contribution in [2.24, 2.45) is 5.73 Å². The number of rotatable bonds is 3. The smallest absolute Gasteiger partial charge is 0.144 e. The van der Waals surface area contributed by atoms with Crippen LogP contribution >= 0.6 is 0 Å². The summed E-state index contributed by atoms with van der Waals surface area (Å²) in [5.41, 5.74) is 6.35. The highest BCUT2D eigenvalue weighted by atomic mass is 16.5. The minimum absolute atomic E-state index is 0.690. The van der Waals surface area contributed by atoms with Crippen LogP contribution in [0.2, 0.25) is 0 Å². The summed E-state index contributed by atoms with van der Waals surface area (Å²) >= 11 is 0. The molecule has 0 saturated carbocycles. The molecule has 1 aromatic carbocycles. The molecular weight excluding hydrogens is 164 g/mol. The number of hydrogen-bond acceptors (Lipinski definition) is 3. The van der Waals surface area contributed by atoms with Gasteiger partial charge in [0.2, 0.25) is 0 Å². The average Bonchev–Trinajstić information content (AvgIpc) is 2.58. The number of hydrogen-bond donors (Lipinski definition) is 1. The van der Waals surface area contributed by atoms with Crippen molar-refractivity contribution >= 4 is 10.9 Å². The fourth-order valence-electron chi connectivity index (χ4n) is 1.39. The lowest BCUT2D eigenvalue weighted by molar-refractivity contribution is 0.389. The molecule has 0 unspecified atom stereocenters. The van der Waals surface area contributed by atoms with Crippen molar-refractivity contribution in [2.75, 3.05) is 6.54 Å². The molecule has 68 valence electrons. The molecule has 0 radical (unpaired) electrons. The van der Waals surface area contributed by atoms with Crippen LogP contribution in [0.1, 0.15) is 12.2 Å². The number of aryl methyl sites for hydroxylation is 1. The lowest BCUT2D eigenvalue weighted by atomic mass is 10.1. The van der Waals surface area contributed by atoms with Crippen molar-refractivity contribution < 1.29 is 4.52 Å². The minimum Gasteiger partial charge on any atom is -0.360 e. The van der Waals surface area contributed by atoms with Gasteiger partial charge in [-0.3, -0.25) is 0 Å². The Labute approximate surface area is 76.5 Å². The Kier molecular flexibility index (Phi) is 2.27. The molecule has 1 aromatic heterocycles. The third-order valence-corrected chi connectivity index (χ3v) is 2.07. The van der Waals surface area contributed by atoms with E-state index in [9.17, 15) is 0 Å². The van der Waals surface area contributed by atoms with Gasteiger partial charge in [0.05, 0.1) is 0 Å². The second-order valence-electron chi connectivity index (χ2n) is 3.02. The second-order valence-corrected chi connectivity index (χ2v) is 3.02. The van der Waals surface area contributed by atoms with Crippen LogP contribution in [0.15, 0.2) is 28.8 Å². The summed E-state index contributed by atoms with van der Waals surface area (Å²) in [7, 11) is 0. The molecule has 2 aromatic rings. The van der Waals surface area contributed by atoms with Crippen molar-refractivity contribution in [3.05, 3.63) is 30.0 Å². The summed E-state index contributed by atoms with van der Waals surface area (Å²) in [6, 6.07) is 7.92. The number of nitrogens with zero attached hydrogens (tertiary/aromatic N) is 1. The fourth-order valence-corrected chi connectivity index (χ4v) is 1.39. The third kappa shape index (κ3) is 1.55. The lowest BCUT2D eigenvalue weighted by Crippen LogP contribution is -1.99. The molecule has 0 saturated heterocycles. The monoisotopic (exact) mass is 176 g/mol. The van der Waals surface area contributed by atoms with Gasteiger partial charge in [0.25, 0.3) is 0 Å². The molecule has 0 aliphatic heterocycles. The van der Waals surface area contributed by atoms with Crippen molar-refractivity contribution in [1.82, 2.24) is 5.16 Å². The first-order valence-corrected chi connectivity index (χ1v) is 4.45. The Bertz CT molecular complexity index is 394. The van der Waals surface area contributed by atoms with Crippen LogP contribution < -0.4 is 5.73 Å². The SMILES string of the molecule is NCCCc1onc2ccccc12. The molecule has 2 rings (SSSR count). The van der Waals surface area contributed by atoms with E-state index in [1.54, 1.807) is 0 Å². The maximum Gasteiger partial charge on any atom is 0.144 e. The number of benzene rings is 1. The van der Waals surface area contributed by atoms with Crippen LogP contribution in [0.25, 0.3) is 10.9 Å². The van der Waals surface area contributed by atoms with Crippen molar-refractivity contribution in [3.63, 3.8) is 0 Å². The van der Waals surface area contributed by atoms with Gasteiger partial charge in [-0.2, -0.15) is 0 Å². The number of aromatic nitrogens is 1. The number of fused-ring (bicyclic) bond motifs is 1. The quantitative estimate of drug-likeness (QED) is 0.774. The van der Waals surface area contributed by atoms with Crippen LogP contribution in [-0.2, 0) is 6.42 Å². The van der Waals surface area contributed by atoms with Gasteiger partial charge in [-0.15, -0.1) is 0 Å². The topological polar surface area (TPSA) is 52.0 Å². The molecule has 0 bridgehead atoms. The molecule has 0 atom stereocenters. The molecule has 13 heavy (non-hydrogen) atoms. The number of nitrogens with two attached hydrogens (primary N) is 1. The van der Waals surface area contributed by atoms with E-state index in [1.165, 1.54) is 0 Å². The van der Waals surface area contributed by atoms with Gasteiger partial charge in [-0.1, -0.05) is 17.3 Å². The van der Waals surface area contributed by atoms with Crippen molar-refractivity contribution in [2.45, 2.75) is 12.8 Å². The molecule has 0 spiro atoms. The zero-order valence-corrected chi connectivity index (χ0v) is 7.36. The molecule has 3 nitrogen and oxygen atoms in total. The van der Waals surface area contributed by atoms with E-state index in [1.807, 2.05) is 24.3 Å². The van der Waals surface area contributed by atoms with Crippen LogP contribution in [0, 0.1) is 0 Å². The summed E-state index contributed by atoms with van der Waals surface area (Å²) in [5, 5.41) is 5.06. The first-order chi connectivity index (χ1) is 6.42. The maximum absolute atomic E-state index is 5.43. The molecule has 0 amide bonds. The van der Waals surface area contributed by atoms with E-state index in [-0.39, 0.29) is 0 Å². The normalized spacial score (nSPS) is 10.8. The van der Waals surface area contributed by atoms with Crippen molar-refractivity contribution in [1.29, 1.82) is 0 Å². The van der Waals surface area contributed by atoms with Gasteiger partial charge in [0.1, 0.15) is 11.3 Å². The predicted octanol–water partition coefficient (Wildman–Crippen LogP) is 1.72.